The molecule has 0 aliphatic heterocycles. The van der Waals surface area contributed by atoms with Crippen LogP contribution in [-0.2, 0) is 21.5 Å². The molecular weight excluding hydrogens is 288 g/mol. The number of fused-ring (bicyclic) bond motifs is 1. The van der Waals surface area contributed by atoms with Crippen molar-refractivity contribution in [2.75, 3.05) is 6.61 Å². The molecule has 2 aromatic rings. The van der Waals surface area contributed by atoms with Gasteiger partial charge in [-0.25, -0.2) is 4.98 Å². The molecule has 1 aromatic heterocycles. The fourth-order valence-corrected chi connectivity index (χ4v) is 2.60. The molecule has 4 nitrogen and oxygen atoms in total. The third-order valence-corrected chi connectivity index (χ3v) is 3.74. The zero-order valence-corrected chi connectivity index (χ0v) is 13.7. The van der Waals surface area contributed by atoms with Crippen molar-refractivity contribution >= 4 is 28.6 Å². The molecule has 0 radical (unpaired) electrons. The number of aryl methyl sites for hydroxylation is 1. The lowest BCUT2D eigenvalue weighted by Crippen LogP contribution is -2.34. The average Bonchev–Trinajstić information content (AvgIpc) is 2.78. The molecule has 0 spiro atoms. The summed E-state index contributed by atoms with van der Waals surface area (Å²) in [5, 5.41) is 0.643. The highest BCUT2D eigenvalue weighted by molar-refractivity contribution is 6.31. The molecule has 114 valence electrons. The quantitative estimate of drug-likeness (QED) is 0.786. The number of nitrogens with zero attached hydrogens (tertiary/aromatic N) is 2. The molecule has 0 amide bonds. The number of aromatic nitrogens is 2. The monoisotopic (exact) mass is 308 g/mol. The standard InChI is InChI=1S/C16H21ClN2O2/c1-5-9-19-13-8-7-11(17)10-12(13)18-14(19)16(3,4)15(20)21-6-2/h7-8,10H,5-6,9H2,1-4H3. The summed E-state index contributed by atoms with van der Waals surface area (Å²) in [6, 6.07) is 5.62. The van der Waals surface area contributed by atoms with Crippen molar-refractivity contribution in [2.45, 2.75) is 46.1 Å². The van der Waals surface area contributed by atoms with E-state index in [0.29, 0.717) is 11.6 Å². The number of hydrogen-bond acceptors (Lipinski definition) is 3. The van der Waals surface area contributed by atoms with Crippen LogP contribution in [0.4, 0.5) is 0 Å². The number of carbonyl (C=O) groups excluding carboxylic acids is 1. The van der Waals surface area contributed by atoms with Crippen molar-refractivity contribution in [3.05, 3.63) is 29.0 Å². The highest BCUT2D eigenvalue weighted by Gasteiger charge is 2.36. The summed E-state index contributed by atoms with van der Waals surface area (Å²) < 4.78 is 7.28. The first kappa shape index (κ1) is 15.8. The maximum Gasteiger partial charge on any atom is 0.319 e. The number of benzene rings is 1. The summed E-state index contributed by atoms with van der Waals surface area (Å²) in [4.78, 5) is 16.9. The Morgan fingerprint density at radius 3 is 2.71 bits per heavy atom. The van der Waals surface area contributed by atoms with Gasteiger partial charge in [0.15, 0.2) is 0 Å². The van der Waals surface area contributed by atoms with Gasteiger partial charge in [-0.3, -0.25) is 4.79 Å². The van der Waals surface area contributed by atoms with Crippen LogP contribution in [0, 0.1) is 0 Å². The van der Waals surface area contributed by atoms with Gasteiger partial charge < -0.3 is 9.30 Å². The van der Waals surface area contributed by atoms with Gasteiger partial charge in [0.1, 0.15) is 11.2 Å². The van der Waals surface area contributed by atoms with E-state index in [2.05, 4.69) is 16.5 Å². The van der Waals surface area contributed by atoms with Gasteiger partial charge in [-0.2, -0.15) is 0 Å². The fourth-order valence-electron chi connectivity index (χ4n) is 2.43. The Labute approximate surface area is 130 Å². The predicted octanol–water partition coefficient (Wildman–Crippen LogP) is 3.94. The number of esters is 1. The van der Waals surface area contributed by atoms with Crippen molar-refractivity contribution in [3.63, 3.8) is 0 Å². The van der Waals surface area contributed by atoms with E-state index < -0.39 is 5.41 Å². The molecule has 0 unspecified atom stereocenters. The van der Waals surface area contributed by atoms with Crippen LogP contribution in [0.25, 0.3) is 11.0 Å². The van der Waals surface area contributed by atoms with Gasteiger partial charge in [-0.1, -0.05) is 18.5 Å². The van der Waals surface area contributed by atoms with Crippen LogP contribution < -0.4 is 0 Å². The molecule has 0 fully saturated rings. The van der Waals surface area contributed by atoms with E-state index in [0.717, 1.165) is 29.8 Å². The molecule has 5 heteroatoms. The van der Waals surface area contributed by atoms with Crippen LogP contribution >= 0.6 is 11.6 Å². The smallest absolute Gasteiger partial charge is 0.319 e. The Morgan fingerprint density at radius 2 is 2.10 bits per heavy atom. The number of halogens is 1. The maximum absolute atomic E-state index is 12.3. The second-order valence-corrected chi connectivity index (χ2v) is 6.00. The van der Waals surface area contributed by atoms with Crippen LogP contribution in [0.5, 0.6) is 0 Å². The van der Waals surface area contributed by atoms with Crippen molar-refractivity contribution in [2.24, 2.45) is 0 Å². The summed E-state index contributed by atoms with van der Waals surface area (Å²) in [6.07, 6.45) is 0.958. The van der Waals surface area contributed by atoms with Crippen molar-refractivity contribution < 1.29 is 9.53 Å². The van der Waals surface area contributed by atoms with Crippen LogP contribution in [-0.4, -0.2) is 22.1 Å². The van der Waals surface area contributed by atoms with Gasteiger partial charge in [-0.15, -0.1) is 0 Å². The number of carbonyl (C=O) groups is 1. The zero-order valence-electron chi connectivity index (χ0n) is 12.9. The van der Waals surface area contributed by atoms with E-state index >= 15 is 0 Å². The number of hydrogen-bond donors (Lipinski definition) is 0. The lowest BCUT2D eigenvalue weighted by Gasteiger charge is -2.23. The maximum atomic E-state index is 12.3. The van der Waals surface area contributed by atoms with Crippen molar-refractivity contribution in [1.82, 2.24) is 9.55 Å². The summed E-state index contributed by atoms with van der Waals surface area (Å²) >= 11 is 6.04. The molecule has 0 aliphatic rings. The molecule has 21 heavy (non-hydrogen) atoms. The van der Waals surface area contributed by atoms with Crippen LogP contribution in [0.15, 0.2) is 18.2 Å². The second kappa shape index (κ2) is 6.06. The molecular formula is C16H21ClN2O2. The first-order valence-electron chi connectivity index (χ1n) is 7.25. The Morgan fingerprint density at radius 1 is 1.38 bits per heavy atom. The van der Waals surface area contributed by atoms with Crippen molar-refractivity contribution in [1.29, 1.82) is 0 Å². The first-order valence-corrected chi connectivity index (χ1v) is 7.63. The van der Waals surface area contributed by atoms with Gasteiger partial charge >= 0.3 is 5.97 Å². The largest absolute Gasteiger partial charge is 0.465 e. The molecule has 2 rings (SSSR count). The molecule has 0 N–H and O–H groups in total. The van der Waals surface area contributed by atoms with E-state index in [1.165, 1.54) is 0 Å². The minimum absolute atomic E-state index is 0.260. The summed E-state index contributed by atoms with van der Waals surface area (Å²) in [7, 11) is 0. The minimum Gasteiger partial charge on any atom is -0.465 e. The van der Waals surface area contributed by atoms with Crippen LogP contribution in [0.2, 0.25) is 5.02 Å². The molecule has 0 bridgehead atoms. The predicted molar refractivity (Wildman–Crippen MR) is 84.7 cm³/mol. The Hall–Kier alpha value is -1.55. The lowest BCUT2D eigenvalue weighted by atomic mass is 9.92. The summed E-state index contributed by atoms with van der Waals surface area (Å²) in [5.74, 6) is 0.462. The number of ether oxygens (including phenoxy) is 1. The van der Waals surface area contributed by atoms with Crippen LogP contribution in [0.3, 0.4) is 0 Å². The van der Waals surface area contributed by atoms with E-state index in [1.807, 2.05) is 39.0 Å². The Bertz CT molecular complexity index is 662. The Balaban J connectivity index is 2.61. The van der Waals surface area contributed by atoms with Crippen molar-refractivity contribution in [3.8, 4) is 0 Å². The molecule has 0 atom stereocenters. The molecule has 0 saturated heterocycles. The first-order chi connectivity index (χ1) is 9.91. The highest BCUT2D eigenvalue weighted by atomic mass is 35.5. The van der Waals surface area contributed by atoms with Gasteiger partial charge in [0.2, 0.25) is 0 Å². The SMILES string of the molecule is CCCn1c(C(C)(C)C(=O)OCC)nc2cc(Cl)ccc21. The summed E-state index contributed by atoms with van der Waals surface area (Å²) in [5.41, 5.74) is 1.01. The second-order valence-electron chi connectivity index (χ2n) is 5.57. The molecule has 1 heterocycles. The van der Waals surface area contributed by atoms with E-state index in [9.17, 15) is 4.79 Å². The third-order valence-electron chi connectivity index (χ3n) is 3.50. The van der Waals surface area contributed by atoms with Gasteiger partial charge in [-0.05, 0) is 45.4 Å². The average molecular weight is 309 g/mol. The molecule has 0 aliphatic carbocycles. The number of rotatable bonds is 5. The lowest BCUT2D eigenvalue weighted by molar-refractivity contribution is -0.149. The van der Waals surface area contributed by atoms with E-state index in [-0.39, 0.29) is 5.97 Å². The van der Waals surface area contributed by atoms with E-state index in [1.54, 1.807) is 0 Å². The van der Waals surface area contributed by atoms with Gasteiger partial charge in [0, 0.05) is 11.6 Å². The topological polar surface area (TPSA) is 44.1 Å². The highest BCUT2D eigenvalue weighted by Crippen LogP contribution is 2.29. The third kappa shape index (κ3) is 2.91. The minimum atomic E-state index is -0.795. The Kier molecular flexibility index (Phi) is 4.57. The molecule has 0 saturated carbocycles. The fraction of sp³-hybridized carbons (Fsp3) is 0.500. The molecule has 1 aromatic carbocycles. The summed E-state index contributed by atoms with van der Waals surface area (Å²) in [6.45, 7) is 8.77. The van der Waals surface area contributed by atoms with Gasteiger partial charge in [0.05, 0.1) is 17.6 Å². The zero-order chi connectivity index (χ0) is 15.6. The number of imidazole rings is 1. The van der Waals surface area contributed by atoms with Crippen LogP contribution in [0.1, 0.15) is 39.9 Å². The van der Waals surface area contributed by atoms with E-state index in [4.69, 9.17) is 16.3 Å². The van der Waals surface area contributed by atoms with Gasteiger partial charge in [0.25, 0.3) is 0 Å². The normalized spacial score (nSPS) is 11.9.